The van der Waals surface area contributed by atoms with Gasteiger partial charge >= 0.3 is 0 Å². The standard InChI is InChI=1S/C24H29N5O2S/c1-14-11-18(31-4)7-10-22(14)29-24(25)20(13-26-29)23(30)21-12-17(16(3)27-21)6-5-15(2)28-32-19-8-9-19/h5-7,10-13,15,19,27-28H,8-9,25H2,1-4H3/b6-5-. The highest BCUT2D eigenvalue weighted by atomic mass is 32.2. The van der Waals surface area contributed by atoms with E-state index in [0.717, 1.165) is 33.5 Å². The number of nitrogens with zero attached hydrogens (tertiary/aromatic N) is 2. The maximum absolute atomic E-state index is 13.2. The van der Waals surface area contributed by atoms with E-state index in [1.165, 1.54) is 19.0 Å². The Morgan fingerprint density at radius 3 is 2.84 bits per heavy atom. The summed E-state index contributed by atoms with van der Waals surface area (Å²) in [5, 5.41) is 5.13. The molecule has 0 saturated heterocycles. The Balaban J connectivity index is 1.52. The van der Waals surface area contributed by atoms with Crippen LogP contribution in [-0.4, -0.2) is 38.9 Å². The summed E-state index contributed by atoms with van der Waals surface area (Å²) in [6.45, 7) is 6.03. The van der Waals surface area contributed by atoms with Gasteiger partial charge in [-0.05, 0) is 69.0 Å². The molecule has 4 rings (SSSR count). The number of hydrogen-bond acceptors (Lipinski definition) is 6. The molecule has 1 aliphatic rings. The molecule has 1 aromatic carbocycles. The number of nitrogen functional groups attached to an aromatic ring is 1. The number of aryl methyl sites for hydroxylation is 2. The maximum Gasteiger partial charge on any atom is 0.214 e. The molecule has 1 atom stereocenters. The molecular weight excluding hydrogens is 422 g/mol. The van der Waals surface area contributed by atoms with Crippen LogP contribution in [0, 0.1) is 13.8 Å². The first-order valence-corrected chi connectivity index (χ1v) is 11.6. The number of nitrogens with one attached hydrogen (secondary N) is 2. The van der Waals surface area contributed by atoms with Crippen LogP contribution in [0.4, 0.5) is 5.82 Å². The van der Waals surface area contributed by atoms with Crippen molar-refractivity contribution < 1.29 is 9.53 Å². The van der Waals surface area contributed by atoms with Gasteiger partial charge in [-0.1, -0.05) is 24.1 Å². The van der Waals surface area contributed by atoms with Crippen LogP contribution in [0.3, 0.4) is 0 Å². The Bertz CT molecular complexity index is 1160. The minimum atomic E-state index is -0.182. The van der Waals surface area contributed by atoms with Gasteiger partial charge in [0.05, 0.1) is 30.3 Å². The number of methoxy groups -OCH3 is 1. The molecule has 32 heavy (non-hydrogen) atoms. The number of anilines is 1. The van der Waals surface area contributed by atoms with Crippen LogP contribution in [-0.2, 0) is 0 Å². The molecule has 2 heterocycles. The monoisotopic (exact) mass is 451 g/mol. The zero-order valence-electron chi connectivity index (χ0n) is 18.8. The fourth-order valence-corrected chi connectivity index (χ4v) is 4.27. The fraction of sp³-hybridized carbons (Fsp3) is 0.333. The highest BCUT2D eigenvalue weighted by Gasteiger charge is 2.22. The largest absolute Gasteiger partial charge is 0.497 e. The summed E-state index contributed by atoms with van der Waals surface area (Å²) in [6, 6.07) is 7.74. The average Bonchev–Trinajstić information content (AvgIpc) is 3.43. The lowest BCUT2D eigenvalue weighted by atomic mass is 10.1. The van der Waals surface area contributed by atoms with Crippen LogP contribution in [0.25, 0.3) is 11.8 Å². The van der Waals surface area contributed by atoms with E-state index in [-0.39, 0.29) is 11.8 Å². The second-order valence-corrected chi connectivity index (χ2v) is 9.32. The molecule has 0 bridgehead atoms. The van der Waals surface area contributed by atoms with E-state index in [2.05, 4.69) is 27.8 Å². The minimum Gasteiger partial charge on any atom is -0.497 e. The van der Waals surface area contributed by atoms with Gasteiger partial charge in [0.2, 0.25) is 5.78 Å². The summed E-state index contributed by atoms with van der Waals surface area (Å²) in [5.41, 5.74) is 10.9. The summed E-state index contributed by atoms with van der Waals surface area (Å²) < 4.78 is 10.3. The van der Waals surface area contributed by atoms with E-state index in [9.17, 15) is 4.79 Å². The molecule has 0 spiro atoms. The number of aromatic nitrogens is 3. The number of benzene rings is 1. The number of aromatic amines is 1. The van der Waals surface area contributed by atoms with Gasteiger partial charge in [0.25, 0.3) is 0 Å². The Labute approximate surface area is 192 Å². The molecular formula is C24H29N5O2S. The molecule has 0 radical (unpaired) electrons. The minimum absolute atomic E-state index is 0.182. The Morgan fingerprint density at radius 2 is 2.16 bits per heavy atom. The van der Waals surface area contributed by atoms with Crippen LogP contribution in [0.2, 0.25) is 0 Å². The third kappa shape index (κ3) is 4.76. The van der Waals surface area contributed by atoms with Crippen LogP contribution in [0.15, 0.2) is 36.5 Å². The number of carbonyl (C=O) groups is 1. The summed E-state index contributed by atoms with van der Waals surface area (Å²) in [5.74, 6) is 0.882. The first kappa shape index (κ1) is 22.2. The zero-order chi connectivity index (χ0) is 22.8. The molecule has 7 nitrogen and oxygen atoms in total. The molecule has 1 unspecified atom stereocenters. The van der Waals surface area contributed by atoms with Crippen LogP contribution in [0.1, 0.15) is 52.6 Å². The molecule has 1 aliphatic carbocycles. The van der Waals surface area contributed by atoms with Gasteiger partial charge in [-0.3, -0.25) is 9.52 Å². The van der Waals surface area contributed by atoms with Crippen molar-refractivity contribution in [2.75, 3.05) is 12.8 Å². The van der Waals surface area contributed by atoms with Crippen molar-refractivity contribution in [2.45, 2.75) is 44.9 Å². The Morgan fingerprint density at radius 1 is 1.38 bits per heavy atom. The third-order valence-corrected chi connectivity index (χ3v) is 6.80. The maximum atomic E-state index is 13.2. The lowest BCUT2D eigenvalue weighted by Gasteiger charge is -2.10. The van der Waals surface area contributed by atoms with Crippen molar-refractivity contribution in [3.05, 3.63) is 64.6 Å². The molecule has 4 N–H and O–H groups in total. The molecule has 168 valence electrons. The molecule has 0 aliphatic heterocycles. The van der Waals surface area contributed by atoms with Crippen molar-refractivity contribution in [1.29, 1.82) is 0 Å². The number of carbonyl (C=O) groups excluding carboxylic acids is 1. The van der Waals surface area contributed by atoms with Gasteiger partial charge in [-0.15, -0.1) is 0 Å². The molecule has 0 amide bonds. The van der Waals surface area contributed by atoms with E-state index in [0.29, 0.717) is 17.1 Å². The highest BCUT2D eigenvalue weighted by molar-refractivity contribution is 7.98. The van der Waals surface area contributed by atoms with Gasteiger partial charge in [0.15, 0.2) is 0 Å². The van der Waals surface area contributed by atoms with Crippen LogP contribution >= 0.6 is 11.9 Å². The normalized spacial score (nSPS) is 14.8. The molecule has 8 heteroatoms. The number of hydrogen-bond donors (Lipinski definition) is 3. The summed E-state index contributed by atoms with van der Waals surface area (Å²) >= 11 is 1.81. The van der Waals surface area contributed by atoms with Crippen molar-refractivity contribution >= 4 is 29.6 Å². The average molecular weight is 452 g/mol. The summed E-state index contributed by atoms with van der Waals surface area (Å²) in [4.78, 5) is 16.4. The number of ether oxygens (including phenoxy) is 1. The second kappa shape index (κ2) is 9.26. The number of ketones is 1. The van der Waals surface area contributed by atoms with Crippen LogP contribution in [0.5, 0.6) is 5.75 Å². The van der Waals surface area contributed by atoms with E-state index in [4.69, 9.17) is 10.5 Å². The SMILES string of the molecule is COc1ccc(-n2ncc(C(=O)c3cc(/C=C\C(C)NSC4CC4)c(C)[nH]3)c2N)c(C)c1. The number of H-pyrrole nitrogens is 1. The predicted octanol–water partition coefficient (Wildman–Crippen LogP) is 4.44. The van der Waals surface area contributed by atoms with Gasteiger partial charge < -0.3 is 15.5 Å². The molecule has 3 aromatic rings. The van der Waals surface area contributed by atoms with E-state index >= 15 is 0 Å². The fourth-order valence-electron chi connectivity index (χ4n) is 3.41. The van der Waals surface area contributed by atoms with E-state index in [1.54, 1.807) is 11.8 Å². The molecule has 2 aromatic heterocycles. The Hall–Kier alpha value is -2.97. The van der Waals surface area contributed by atoms with Crippen molar-refractivity contribution in [3.63, 3.8) is 0 Å². The number of nitrogens with two attached hydrogens (primary N) is 1. The number of rotatable bonds is 9. The van der Waals surface area contributed by atoms with Crippen molar-refractivity contribution in [2.24, 2.45) is 0 Å². The highest BCUT2D eigenvalue weighted by Crippen LogP contribution is 2.32. The Kier molecular flexibility index (Phi) is 6.43. The van der Waals surface area contributed by atoms with E-state index < -0.39 is 0 Å². The molecule has 1 saturated carbocycles. The predicted molar refractivity (Wildman–Crippen MR) is 130 cm³/mol. The van der Waals surface area contributed by atoms with Crippen molar-refractivity contribution in [1.82, 2.24) is 19.5 Å². The second-order valence-electron chi connectivity index (χ2n) is 8.18. The topological polar surface area (TPSA) is 98.0 Å². The summed E-state index contributed by atoms with van der Waals surface area (Å²) in [7, 11) is 1.62. The lowest BCUT2D eigenvalue weighted by molar-refractivity contribution is 0.103. The van der Waals surface area contributed by atoms with Gasteiger partial charge in [-0.2, -0.15) is 5.10 Å². The third-order valence-electron chi connectivity index (χ3n) is 5.49. The van der Waals surface area contributed by atoms with Gasteiger partial charge in [0.1, 0.15) is 11.6 Å². The smallest absolute Gasteiger partial charge is 0.214 e. The zero-order valence-corrected chi connectivity index (χ0v) is 19.6. The first-order valence-electron chi connectivity index (χ1n) is 10.7. The van der Waals surface area contributed by atoms with Gasteiger partial charge in [-0.25, -0.2) is 4.68 Å². The quantitative estimate of drug-likeness (QED) is 0.329. The first-order chi connectivity index (χ1) is 15.4. The lowest BCUT2D eigenvalue weighted by Crippen LogP contribution is -2.16. The molecule has 1 fully saturated rings. The summed E-state index contributed by atoms with van der Waals surface area (Å²) in [6.07, 6.45) is 8.27. The van der Waals surface area contributed by atoms with E-state index in [1.807, 2.05) is 56.1 Å². The van der Waals surface area contributed by atoms with Crippen LogP contribution < -0.4 is 15.2 Å². The van der Waals surface area contributed by atoms with Gasteiger partial charge in [0, 0.05) is 17.0 Å². The van der Waals surface area contributed by atoms with Crippen molar-refractivity contribution in [3.8, 4) is 11.4 Å².